The Morgan fingerprint density at radius 2 is 2.21 bits per heavy atom. The first-order chi connectivity index (χ1) is 13.3. The third-order valence-corrected chi connectivity index (χ3v) is 6.61. The topological polar surface area (TPSA) is 62.1 Å². The van der Waals surface area contributed by atoms with Crippen LogP contribution >= 0.6 is 35.2 Å². The van der Waals surface area contributed by atoms with E-state index in [0.29, 0.717) is 27.3 Å². The number of hydrogen-bond acceptors (Lipinski definition) is 5. The molecule has 1 amide bonds. The number of aryl methyl sites for hydroxylation is 1. The van der Waals surface area contributed by atoms with Crippen LogP contribution in [0.1, 0.15) is 42.5 Å². The summed E-state index contributed by atoms with van der Waals surface area (Å²) < 4.78 is 6.54. The van der Waals surface area contributed by atoms with Crippen molar-refractivity contribution in [3.63, 3.8) is 0 Å². The highest BCUT2D eigenvalue weighted by Gasteiger charge is 2.24. The number of benzene rings is 1. The quantitative estimate of drug-likeness (QED) is 0.616. The molecule has 146 valence electrons. The molecule has 0 fully saturated rings. The molecule has 7 heteroatoms. The van der Waals surface area contributed by atoms with Gasteiger partial charge < -0.3 is 10.1 Å². The average molecular weight is 433 g/mol. The van der Waals surface area contributed by atoms with Crippen LogP contribution in [0, 0.1) is 28.0 Å². The predicted octanol–water partition coefficient (Wildman–Crippen LogP) is 5.84. The molecule has 1 aliphatic rings. The molecular formula is C21H21ClN2O2S2. The Morgan fingerprint density at radius 1 is 1.46 bits per heavy atom. The molecule has 1 N–H and O–H groups in total. The van der Waals surface area contributed by atoms with Crippen LogP contribution in [-0.2, 0) is 17.6 Å². The number of amides is 1. The van der Waals surface area contributed by atoms with Crippen molar-refractivity contribution in [2.75, 3.05) is 5.32 Å². The van der Waals surface area contributed by atoms with Crippen molar-refractivity contribution >= 4 is 46.1 Å². The van der Waals surface area contributed by atoms with Crippen LogP contribution in [0.25, 0.3) is 0 Å². The molecule has 0 spiro atoms. The van der Waals surface area contributed by atoms with Crippen LogP contribution in [0.4, 0.5) is 5.00 Å². The second kappa shape index (κ2) is 8.60. The van der Waals surface area contributed by atoms with E-state index in [4.69, 9.17) is 28.6 Å². The molecule has 2 unspecified atom stereocenters. The summed E-state index contributed by atoms with van der Waals surface area (Å²) in [4.78, 5) is 12.7. The Hall–Kier alpha value is -1.94. The van der Waals surface area contributed by atoms with E-state index in [1.54, 1.807) is 25.1 Å². The summed E-state index contributed by atoms with van der Waals surface area (Å²) in [7, 11) is 0. The SMILES string of the molecule is Cc1cc(Cl)ccc1OC(C)C(=O)Nc1sc(=S)c2c(c1C#N)CCC(C)C2. The third-order valence-electron chi connectivity index (χ3n) is 4.93. The first-order valence-corrected chi connectivity index (χ1v) is 10.7. The lowest BCUT2D eigenvalue weighted by Crippen LogP contribution is -2.30. The molecular weight excluding hydrogens is 412 g/mol. The molecule has 0 radical (unpaired) electrons. The summed E-state index contributed by atoms with van der Waals surface area (Å²) in [5, 5.41) is 13.7. The van der Waals surface area contributed by atoms with Gasteiger partial charge in [-0.05, 0) is 73.9 Å². The van der Waals surface area contributed by atoms with Crippen molar-refractivity contribution in [3.05, 3.63) is 49.3 Å². The lowest BCUT2D eigenvalue weighted by Gasteiger charge is -2.23. The molecule has 0 saturated heterocycles. The normalized spacial score (nSPS) is 16.6. The van der Waals surface area contributed by atoms with Crippen LogP contribution in [-0.4, -0.2) is 12.0 Å². The molecule has 0 bridgehead atoms. The van der Waals surface area contributed by atoms with Gasteiger partial charge in [0.15, 0.2) is 6.10 Å². The second-order valence-electron chi connectivity index (χ2n) is 7.17. The van der Waals surface area contributed by atoms with Gasteiger partial charge in [-0.3, -0.25) is 4.79 Å². The Morgan fingerprint density at radius 3 is 2.89 bits per heavy atom. The van der Waals surface area contributed by atoms with E-state index in [9.17, 15) is 10.1 Å². The monoisotopic (exact) mass is 432 g/mol. The number of halogens is 1. The summed E-state index contributed by atoms with van der Waals surface area (Å²) in [6, 6.07) is 7.51. The van der Waals surface area contributed by atoms with E-state index in [2.05, 4.69) is 18.3 Å². The van der Waals surface area contributed by atoms with E-state index in [0.717, 1.165) is 39.8 Å². The smallest absolute Gasteiger partial charge is 0.265 e. The molecule has 1 aliphatic carbocycles. The van der Waals surface area contributed by atoms with E-state index in [-0.39, 0.29) is 5.91 Å². The van der Waals surface area contributed by atoms with Gasteiger partial charge in [-0.15, -0.1) is 11.3 Å². The molecule has 3 rings (SSSR count). The van der Waals surface area contributed by atoms with Crippen molar-refractivity contribution in [3.8, 4) is 11.8 Å². The first kappa shape index (κ1) is 20.8. The molecule has 0 aliphatic heterocycles. The van der Waals surface area contributed by atoms with Gasteiger partial charge in [0.05, 0.1) is 9.39 Å². The molecule has 0 saturated carbocycles. The third kappa shape index (κ3) is 4.38. The summed E-state index contributed by atoms with van der Waals surface area (Å²) in [6.45, 7) is 5.74. The van der Waals surface area contributed by atoms with E-state index >= 15 is 0 Å². The van der Waals surface area contributed by atoms with Crippen LogP contribution in [0.5, 0.6) is 5.75 Å². The molecule has 4 nitrogen and oxygen atoms in total. The highest BCUT2D eigenvalue weighted by molar-refractivity contribution is 7.73. The number of carbonyl (C=O) groups excluding carboxylic acids is 1. The molecule has 2 aromatic rings. The first-order valence-electron chi connectivity index (χ1n) is 9.12. The summed E-state index contributed by atoms with van der Waals surface area (Å²) in [5.41, 5.74) is 3.46. The minimum atomic E-state index is -0.733. The fourth-order valence-corrected chi connectivity index (χ4v) is 4.97. The maximum atomic E-state index is 12.7. The fourth-order valence-electron chi connectivity index (χ4n) is 3.35. The van der Waals surface area contributed by atoms with Crippen LogP contribution < -0.4 is 10.1 Å². The molecule has 1 aromatic heterocycles. The molecule has 28 heavy (non-hydrogen) atoms. The number of carbonyl (C=O) groups is 1. The van der Waals surface area contributed by atoms with E-state index < -0.39 is 6.10 Å². The standard InChI is InChI=1S/C21H21ClN2O2S2/c1-11-4-6-15-16(8-11)21(27)28-20(17(15)10-23)24-19(25)13(3)26-18-7-5-14(22)9-12(18)2/h5,7,9,11,13H,4,6,8H2,1-3H3,(H,24,25). The van der Waals surface area contributed by atoms with Crippen molar-refractivity contribution in [2.45, 2.75) is 46.1 Å². The maximum Gasteiger partial charge on any atom is 0.265 e. The summed E-state index contributed by atoms with van der Waals surface area (Å²) >= 11 is 12.8. The lowest BCUT2D eigenvalue weighted by molar-refractivity contribution is -0.122. The Bertz CT molecular complexity index is 1030. The highest BCUT2D eigenvalue weighted by Crippen LogP contribution is 2.36. The van der Waals surface area contributed by atoms with Gasteiger partial charge in [0.2, 0.25) is 0 Å². The van der Waals surface area contributed by atoms with Gasteiger partial charge in [-0.2, -0.15) is 5.26 Å². The van der Waals surface area contributed by atoms with Crippen molar-refractivity contribution in [1.29, 1.82) is 5.26 Å². The van der Waals surface area contributed by atoms with Crippen LogP contribution in [0.3, 0.4) is 0 Å². The second-order valence-corrected chi connectivity index (χ2v) is 9.29. The number of ether oxygens (including phenoxy) is 1. The van der Waals surface area contributed by atoms with Gasteiger partial charge in [0.1, 0.15) is 16.8 Å². The van der Waals surface area contributed by atoms with E-state index in [1.807, 2.05) is 6.92 Å². The zero-order valence-corrected chi connectivity index (χ0v) is 18.4. The minimum absolute atomic E-state index is 0.319. The van der Waals surface area contributed by atoms with Crippen molar-refractivity contribution < 1.29 is 9.53 Å². The highest BCUT2D eigenvalue weighted by atomic mass is 35.5. The molecule has 1 aromatic carbocycles. The Labute approximate surface area is 179 Å². The molecule has 1 heterocycles. The number of nitriles is 1. The van der Waals surface area contributed by atoms with Gasteiger partial charge in [-0.25, -0.2) is 0 Å². The number of anilines is 1. The zero-order valence-electron chi connectivity index (χ0n) is 16.0. The predicted molar refractivity (Wildman–Crippen MR) is 116 cm³/mol. The number of hydrogen-bond donors (Lipinski definition) is 1. The Kier molecular flexibility index (Phi) is 6.39. The number of fused-ring (bicyclic) bond motifs is 1. The molecule has 2 atom stereocenters. The van der Waals surface area contributed by atoms with E-state index in [1.165, 1.54) is 11.3 Å². The Balaban J connectivity index is 1.83. The van der Waals surface area contributed by atoms with Crippen LogP contribution in [0.2, 0.25) is 5.02 Å². The largest absolute Gasteiger partial charge is 0.481 e. The van der Waals surface area contributed by atoms with Gasteiger partial charge in [0, 0.05) is 5.02 Å². The average Bonchev–Trinajstić information content (AvgIpc) is 2.64. The zero-order chi connectivity index (χ0) is 20.4. The summed E-state index contributed by atoms with van der Waals surface area (Å²) in [5.74, 6) is 0.838. The van der Waals surface area contributed by atoms with Gasteiger partial charge in [-0.1, -0.05) is 30.7 Å². The van der Waals surface area contributed by atoms with Crippen molar-refractivity contribution in [1.82, 2.24) is 0 Å². The lowest BCUT2D eigenvalue weighted by atomic mass is 9.85. The number of nitrogens with one attached hydrogen (secondary N) is 1. The van der Waals surface area contributed by atoms with Gasteiger partial charge in [0.25, 0.3) is 5.91 Å². The number of rotatable bonds is 4. The minimum Gasteiger partial charge on any atom is -0.481 e. The number of nitrogens with zero attached hydrogens (tertiary/aromatic N) is 1. The fraction of sp³-hybridized carbons (Fsp3) is 0.381. The summed E-state index contributed by atoms with van der Waals surface area (Å²) in [6.07, 6.45) is 2.00. The van der Waals surface area contributed by atoms with Gasteiger partial charge >= 0.3 is 0 Å². The van der Waals surface area contributed by atoms with Crippen molar-refractivity contribution in [2.24, 2.45) is 5.92 Å². The maximum absolute atomic E-state index is 12.7. The van der Waals surface area contributed by atoms with Crippen LogP contribution in [0.15, 0.2) is 18.2 Å².